The highest BCUT2D eigenvalue weighted by atomic mass is 16.5. The van der Waals surface area contributed by atoms with Crippen molar-refractivity contribution in [3.8, 4) is 5.75 Å². The fraction of sp³-hybridized carbons (Fsp3) is 0.485. The number of hydrogen-bond acceptors (Lipinski definition) is 3. The summed E-state index contributed by atoms with van der Waals surface area (Å²) in [5.41, 5.74) is 3.18. The van der Waals surface area contributed by atoms with Gasteiger partial charge in [-0.1, -0.05) is 88.8 Å². The van der Waals surface area contributed by atoms with Crippen LogP contribution in [0.15, 0.2) is 60.7 Å². The van der Waals surface area contributed by atoms with E-state index in [-0.39, 0.29) is 12.1 Å². The minimum absolute atomic E-state index is 0.0321. The van der Waals surface area contributed by atoms with Crippen LogP contribution in [0.25, 0.3) is 10.8 Å². The topological polar surface area (TPSA) is 35.5 Å². The molecule has 3 aromatic carbocycles. The fourth-order valence-electron chi connectivity index (χ4n) is 4.50. The fourth-order valence-corrected chi connectivity index (χ4v) is 4.50. The molecule has 0 saturated heterocycles. The van der Waals surface area contributed by atoms with Crippen molar-refractivity contribution in [1.82, 2.24) is 0 Å². The molecule has 0 aliphatic heterocycles. The van der Waals surface area contributed by atoms with Crippen molar-refractivity contribution in [3.05, 3.63) is 77.4 Å². The maximum Gasteiger partial charge on any atom is 0.338 e. The van der Waals surface area contributed by atoms with Crippen LogP contribution in [0.2, 0.25) is 0 Å². The average Bonchev–Trinajstić information content (AvgIpc) is 2.90. The van der Waals surface area contributed by atoms with Gasteiger partial charge in [0, 0.05) is 0 Å². The Labute approximate surface area is 218 Å². The maximum absolute atomic E-state index is 12.5. The Morgan fingerprint density at radius 3 is 2.11 bits per heavy atom. The third-order valence-corrected chi connectivity index (χ3v) is 6.81. The SMILES string of the molecule is CCCCCCOc1ccc2cc(CCc3ccc(C(=O)O[C@H](C)CCCCCC)cc3)ccc2c1. The third kappa shape index (κ3) is 9.33. The van der Waals surface area contributed by atoms with Gasteiger partial charge >= 0.3 is 5.97 Å². The van der Waals surface area contributed by atoms with Crippen molar-refractivity contribution in [2.24, 2.45) is 0 Å². The van der Waals surface area contributed by atoms with E-state index < -0.39 is 0 Å². The van der Waals surface area contributed by atoms with E-state index in [1.807, 2.05) is 31.2 Å². The molecule has 0 unspecified atom stereocenters. The Kier molecular flexibility index (Phi) is 11.8. The van der Waals surface area contributed by atoms with E-state index in [0.29, 0.717) is 5.56 Å². The summed E-state index contributed by atoms with van der Waals surface area (Å²) in [4.78, 5) is 12.5. The Morgan fingerprint density at radius 1 is 0.722 bits per heavy atom. The van der Waals surface area contributed by atoms with Gasteiger partial charge in [0.05, 0.1) is 18.3 Å². The normalized spacial score (nSPS) is 12.0. The summed E-state index contributed by atoms with van der Waals surface area (Å²) in [6.07, 6.45) is 12.5. The lowest BCUT2D eigenvalue weighted by molar-refractivity contribution is 0.0319. The summed E-state index contributed by atoms with van der Waals surface area (Å²) in [7, 11) is 0. The second-order valence-corrected chi connectivity index (χ2v) is 10.0. The molecule has 0 spiro atoms. The summed E-state index contributed by atoms with van der Waals surface area (Å²) >= 11 is 0. The van der Waals surface area contributed by atoms with Gasteiger partial charge in [-0.25, -0.2) is 4.79 Å². The zero-order valence-electron chi connectivity index (χ0n) is 22.6. The molecule has 0 radical (unpaired) electrons. The van der Waals surface area contributed by atoms with Crippen LogP contribution in [0, 0.1) is 0 Å². The summed E-state index contributed by atoms with van der Waals surface area (Å²) in [6.45, 7) is 7.21. The number of rotatable bonds is 16. The maximum atomic E-state index is 12.5. The van der Waals surface area contributed by atoms with E-state index in [0.717, 1.165) is 44.5 Å². The van der Waals surface area contributed by atoms with E-state index in [1.54, 1.807) is 0 Å². The van der Waals surface area contributed by atoms with Crippen molar-refractivity contribution in [1.29, 1.82) is 0 Å². The number of esters is 1. The van der Waals surface area contributed by atoms with Gasteiger partial charge in [0.2, 0.25) is 0 Å². The second kappa shape index (κ2) is 15.3. The van der Waals surface area contributed by atoms with Crippen LogP contribution in [0.4, 0.5) is 0 Å². The molecule has 3 heteroatoms. The van der Waals surface area contributed by atoms with Crippen molar-refractivity contribution < 1.29 is 14.3 Å². The largest absolute Gasteiger partial charge is 0.494 e. The predicted octanol–water partition coefficient (Wildman–Crippen LogP) is 9.10. The van der Waals surface area contributed by atoms with Gasteiger partial charge in [-0.3, -0.25) is 0 Å². The van der Waals surface area contributed by atoms with Gasteiger partial charge in [-0.05, 0) is 85.2 Å². The van der Waals surface area contributed by atoms with Gasteiger partial charge in [-0.15, -0.1) is 0 Å². The van der Waals surface area contributed by atoms with E-state index in [9.17, 15) is 4.79 Å². The average molecular weight is 489 g/mol. The van der Waals surface area contributed by atoms with Crippen molar-refractivity contribution in [3.63, 3.8) is 0 Å². The van der Waals surface area contributed by atoms with Crippen molar-refractivity contribution in [2.45, 2.75) is 97.5 Å². The predicted molar refractivity (Wildman–Crippen MR) is 151 cm³/mol. The van der Waals surface area contributed by atoms with E-state index in [4.69, 9.17) is 9.47 Å². The number of unbranched alkanes of at least 4 members (excludes halogenated alkanes) is 6. The van der Waals surface area contributed by atoms with Gasteiger partial charge in [0.25, 0.3) is 0 Å². The molecule has 36 heavy (non-hydrogen) atoms. The van der Waals surface area contributed by atoms with Gasteiger partial charge in [0.1, 0.15) is 5.75 Å². The number of fused-ring (bicyclic) bond motifs is 1. The number of ether oxygens (including phenoxy) is 2. The van der Waals surface area contributed by atoms with Crippen LogP contribution in [-0.4, -0.2) is 18.7 Å². The lowest BCUT2D eigenvalue weighted by Gasteiger charge is -2.13. The molecule has 0 saturated carbocycles. The molecular weight excluding hydrogens is 444 g/mol. The molecule has 0 amide bonds. The molecule has 194 valence electrons. The van der Waals surface area contributed by atoms with Crippen LogP contribution in [0.3, 0.4) is 0 Å². The van der Waals surface area contributed by atoms with Crippen molar-refractivity contribution >= 4 is 16.7 Å². The highest BCUT2D eigenvalue weighted by Crippen LogP contribution is 2.23. The Hall–Kier alpha value is -2.81. The molecule has 3 aromatic rings. The number of carbonyl (C=O) groups excluding carboxylic acids is 1. The molecule has 0 heterocycles. The molecule has 0 bridgehead atoms. The standard InChI is InChI=1S/C33H44O3/c1-4-6-8-10-12-26(3)36-33(34)29-18-15-27(16-19-29)13-14-28-17-20-31-25-32(22-21-30(31)24-28)35-23-11-9-7-5-2/h15-22,24-26H,4-14,23H2,1-3H3/t26-/m1/s1. The molecular formula is C33H44O3. The Morgan fingerprint density at radius 2 is 1.36 bits per heavy atom. The monoisotopic (exact) mass is 488 g/mol. The summed E-state index contributed by atoms with van der Waals surface area (Å²) in [5, 5.41) is 2.46. The lowest BCUT2D eigenvalue weighted by Crippen LogP contribution is -2.15. The van der Waals surface area contributed by atoms with Crippen LogP contribution in [-0.2, 0) is 17.6 Å². The minimum Gasteiger partial charge on any atom is -0.494 e. The lowest BCUT2D eigenvalue weighted by atomic mass is 10.0. The first-order valence-electron chi connectivity index (χ1n) is 14.0. The highest BCUT2D eigenvalue weighted by Gasteiger charge is 2.12. The summed E-state index contributed by atoms with van der Waals surface area (Å²) in [6, 6.07) is 20.9. The molecule has 0 aliphatic rings. The number of hydrogen-bond donors (Lipinski definition) is 0. The van der Waals surface area contributed by atoms with Crippen LogP contribution >= 0.6 is 0 Å². The highest BCUT2D eigenvalue weighted by molar-refractivity contribution is 5.89. The zero-order valence-corrected chi connectivity index (χ0v) is 22.6. The molecule has 0 N–H and O–H groups in total. The number of carbonyl (C=O) groups is 1. The number of aryl methyl sites for hydroxylation is 2. The van der Waals surface area contributed by atoms with Crippen LogP contribution < -0.4 is 4.74 Å². The molecule has 1 atom stereocenters. The molecule has 3 rings (SSSR count). The van der Waals surface area contributed by atoms with E-state index in [2.05, 4.69) is 50.2 Å². The first-order chi connectivity index (χ1) is 17.6. The molecule has 0 aromatic heterocycles. The van der Waals surface area contributed by atoms with Gasteiger partial charge in [0.15, 0.2) is 0 Å². The smallest absolute Gasteiger partial charge is 0.338 e. The van der Waals surface area contributed by atoms with E-state index >= 15 is 0 Å². The Bertz CT molecular complexity index is 1050. The number of benzene rings is 3. The summed E-state index contributed by atoms with van der Waals surface area (Å²) in [5.74, 6) is 0.736. The van der Waals surface area contributed by atoms with Gasteiger partial charge < -0.3 is 9.47 Å². The molecule has 0 fully saturated rings. The quantitative estimate of drug-likeness (QED) is 0.149. The van der Waals surface area contributed by atoms with E-state index in [1.165, 1.54) is 60.4 Å². The minimum atomic E-state index is -0.219. The summed E-state index contributed by atoms with van der Waals surface area (Å²) < 4.78 is 11.6. The molecule has 0 aliphatic carbocycles. The third-order valence-electron chi connectivity index (χ3n) is 6.81. The Balaban J connectivity index is 1.46. The van der Waals surface area contributed by atoms with Crippen LogP contribution in [0.1, 0.15) is 100 Å². The molecule has 3 nitrogen and oxygen atoms in total. The van der Waals surface area contributed by atoms with Crippen molar-refractivity contribution in [2.75, 3.05) is 6.61 Å². The first-order valence-corrected chi connectivity index (χ1v) is 14.0. The second-order valence-electron chi connectivity index (χ2n) is 10.0. The van der Waals surface area contributed by atoms with Crippen LogP contribution in [0.5, 0.6) is 5.75 Å². The zero-order chi connectivity index (χ0) is 25.6. The van der Waals surface area contributed by atoms with Gasteiger partial charge in [-0.2, -0.15) is 0 Å². The first kappa shape index (κ1) is 27.8.